The Labute approximate surface area is 254 Å². The summed E-state index contributed by atoms with van der Waals surface area (Å²) in [5, 5.41) is 0. The first-order chi connectivity index (χ1) is 21.3. The monoisotopic (exact) mass is 576 g/mol. The van der Waals surface area contributed by atoms with Gasteiger partial charge in [-0.05, 0) is 34.6 Å². The van der Waals surface area contributed by atoms with E-state index in [4.69, 9.17) is 23.7 Å². The quantitative estimate of drug-likeness (QED) is 0.161. The Morgan fingerprint density at radius 2 is 0.907 bits per heavy atom. The Morgan fingerprint density at radius 3 is 1.40 bits per heavy atom. The van der Waals surface area contributed by atoms with Crippen molar-refractivity contribution in [2.75, 3.05) is 6.61 Å². The molecule has 0 aromatic heterocycles. The molecule has 0 N–H and O–H groups in total. The molecule has 0 bridgehead atoms. The van der Waals surface area contributed by atoms with E-state index < -0.39 is 0 Å². The largest absolute Gasteiger partial charge is 0.376 e. The highest BCUT2D eigenvalue weighted by atomic mass is 16.6. The van der Waals surface area contributed by atoms with Gasteiger partial charge in [0.05, 0.1) is 57.5 Å². The van der Waals surface area contributed by atoms with Crippen LogP contribution in [0.1, 0.15) is 28.7 Å². The van der Waals surface area contributed by atoms with Crippen LogP contribution in [-0.2, 0) is 50.1 Å². The van der Waals surface area contributed by atoms with E-state index in [2.05, 4.69) is 97.1 Å². The molecule has 0 radical (unpaired) electrons. The third-order valence-corrected chi connectivity index (χ3v) is 9.23. The van der Waals surface area contributed by atoms with Gasteiger partial charge in [-0.2, -0.15) is 0 Å². The predicted molar refractivity (Wildman–Crippen MR) is 165 cm³/mol. The van der Waals surface area contributed by atoms with E-state index in [0.717, 1.165) is 23.1 Å². The molecule has 7 rings (SSSR count). The van der Waals surface area contributed by atoms with Crippen LogP contribution in [0.2, 0.25) is 0 Å². The predicted octanol–water partition coefficient (Wildman–Crippen LogP) is 6.99. The summed E-state index contributed by atoms with van der Waals surface area (Å²) < 4.78 is 33.3. The van der Waals surface area contributed by atoms with Crippen molar-refractivity contribution < 1.29 is 23.7 Å². The van der Waals surface area contributed by atoms with Gasteiger partial charge in [-0.1, -0.05) is 121 Å². The van der Waals surface area contributed by atoms with E-state index in [0.29, 0.717) is 33.0 Å². The maximum Gasteiger partial charge on any atom is 0.111 e. The van der Waals surface area contributed by atoms with Crippen molar-refractivity contribution in [3.63, 3.8) is 0 Å². The first-order valence-corrected chi connectivity index (χ1v) is 15.6. The lowest BCUT2D eigenvalue weighted by molar-refractivity contribution is -0.133. The smallest absolute Gasteiger partial charge is 0.111 e. The molecule has 43 heavy (non-hydrogen) atoms. The number of benzene rings is 4. The van der Waals surface area contributed by atoms with Crippen molar-refractivity contribution in [1.82, 2.24) is 0 Å². The molecular formula is C38H40O5. The van der Waals surface area contributed by atoms with Crippen LogP contribution < -0.4 is 0 Å². The zero-order chi connectivity index (χ0) is 28.8. The lowest BCUT2D eigenvalue weighted by Gasteiger charge is -2.35. The Kier molecular flexibility index (Phi) is 8.96. The van der Waals surface area contributed by atoms with Gasteiger partial charge in [0.1, 0.15) is 6.10 Å². The van der Waals surface area contributed by atoms with Gasteiger partial charge in [0, 0.05) is 11.8 Å². The van der Waals surface area contributed by atoms with Crippen LogP contribution in [0.3, 0.4) is 0 Å². The average Bonchev–Trinajstić information content (AvgIpc) is 3.78. The second-order valence-corrected chi connectivity index (χ2v) is 12.1. The molecule has 4 aromatic carbocycles. The lowest BCUT2D eigenvalue weighted by atomic mass is 9.73. The zero-order valence-corrected chi connectivity index (χ0v) is 24.4. The minimum absolute atomic E-state index is 0.148. The first-order valence-electron chi connectivity index (χ1n) is 15.6. The van der Waals surface area contributed by atoms with Crippen LogP contribution in [-0.4, -0.2) is 37.1 Å². The number of hydrogen-bond donors (Lipinski definition) is 0. The standard InChI is InChI=1S/C38H40O5/c1-5-13-27(14-6-1)22-39-26-31-21-32-35(43-32)34-33(31)36(40-23-28-15-7-2-8-16-28)38(42-25-30-19-11-4-12-20-30)37(34)41-24-29-17-9-3-10-18-29/h1-20,31-38H,21-26H2/t31-,32-,33+,34-,35-,36+,37+,38+/m0/s1. The highest BCUT2D eigenvalue weighted by Gasteiger charge is 2.66. The average molecular weight is 577 g/mol. The van der Waals surface area contributed by atoms with E-state index in [9.17, 15) is 0 Å². The van der Waals surface area contributed by atoms with Crippen molar-refractivity contribution in [2.45, 2.75) is 63.4 Å². The summed E-state index contributed by atoms with van der Waals surface area (Å²) in [6.45, 7) is 2.81. The van der Waals surface area contributed by atoms with Gasteiger partial charge in [-0.15, -0.1) is 0 Å². The lowest BCUT2D eigenvalue weighted by Crippen LogP contribution is -2.41. The molecule has 4 aromatic rings. The van der Waals surface area contributed by atoms with Crippen molar-refractivity contribution >= 4 is 0 Å². The normalized spacial score (nSPS) is 29.1. The third kappa shape index (κ3) is 6.77. The summed E-state index contributed by atoms with van der Waals surface area (Å²) in [5.74, 6) is 0.658. The summed E-state index contributed by atoms with van der Waals surface area (Å²) in [7, 11) is 0. The fourth-order valence-corrected chi connectivity index (χ4v) is 7.17. The van der Waals surface area contributed by atoms with Gasteiger partial charge in [-0.3, -0.25) is 0 Å². The van der Waals surface area contributed by atoms with E-state index in [1.165, 1.54) is 5.56 Å². The van der Waals surface area contributed by atoms with Crippen LogP contribution in [0.5, 0.6) is 0 Å². The van der Waals surface area contributed by atoms with Gasteiger partial charge in [0.25, 0.3) is 0 Å². The maximum absolute atomic E-state index is 6.89. The van der Waals surface area contributed by atoms with Gasteiger partial charge >= 0.3 is 0 Å². The first kappa shape index (κ1) is 28.5. The number of fused-ring (bicyclic) bond motifs is 3. The van der Waals surface area contributed by atoms with Crippen LogP contribution >= 0.6 is 0 Å². The number of hydrogen-bond acceptors (Lipinski definition) is 5. The SMILES string of the molecule is c1ccc(COC[C@@H]2C[C@@H]3O[C@@H]3[C@H]3[C@@H](OCc4ccccc4)[C@H](OCc4ccccc4)[C@H](OCc4ccccc4)[C@H]23)cc1. The minimum Gasteiger partial charge on any atom is -0.376 e. The van der Waals surface area contributed by atoms with Crippen molar-refractivity contribution in [3.8, 4) is 0 Å². The summed E-state index contributed by atoms with van der Waals surface area (Å²) >= 11 is 0. The van der Waals surface area contributed by atoms with Crippen LogP contribution in [0, 0.1) is 17.8 Å². The fourth-order valence-electron chi connectivity index (χ4n) is 7.17. The molecule has 2 saturated carbocycles. The molecule has 0 amide bonds. The zero-order valence-electron chi connectivity index (χ0n) is 24.4. The van der Waals surface area contributed by atoms with E-state index in [-0.39, 0.29) is 48.3 Å². The molecule has 5 heteroatoms. The molecule has 3 fully saturated rings. The molecule has 1 saturated heterocycles. The highest BCUT2D eigenvalue weighted by molar-refractivity contribution is 5.19. The van der Waals surface area contributed by atoms with Crippen LogP contribution in [0.4, 0.5) is 0 Å². The summed E-state index contributed by atoms with van der Waals surface area (Å²) in [4.78, 5) is 0. The Bertz CT molecular complexity index is 1400. The maximum atomic E-state index is 6.89. The summed E-state index contributed by atoms with van der Waals surface area (Å²) in [5.41, 5.74) is 4.64. The Morgan fingerprint density at radius 1 is 0.488 bits per heavy atom. The molecule has 222 valence electrons. The van der Waals surface area contributed by atoms with E-state index in [1.54, 1.807) is 0 Å². The van der Waals surface area contributed by atoms with Gasteiger partial charge in [0.2, 0.25) is 0 Å². The van der Waals surface area contributed by atoms with Crippen LogP contribution in [0.25, 0.3) is 0 Å². The summed E-state index contributed by atoms with van der Waals surface area (Å²) in [6, 6.07) is 41.6. The fraction of sp³-hybridized carbons (Fsp3) is 0.368. The van der Waals surface area contributed by atoms with Gasteiger partial charge in [-0.25, -0.2) is 0 Å². The second-order valence-electron chi connectivity index (χ2n) is 12.1. The Balaban J connectivity index is 1.16. The highest BCUT2D eigenvalue weighted by Crippen LogP contribution is 2.56. The molecule has 1 heterocycles. The van der Waals surface area contributed by atoms with Crippen LogP contribution in [0.15, 0.2) is 121 Å². The van der Waals surface area contributed by atoms with Crippen molar-refractivity contribution in [2.24, 2.45) is 17.8 Å². The molecule has 0 unspecified atom stereocenters. The van der Waals surface area contributed by atoms with E-state index >= 15 is 0 Å². The molecule has 8 atom stereocenters. The molecule has 5 nitrogen and oxygen atoms in total. The molecule has 2 aliphatic carbocycles. The molecular weight excluding hydrogens is 536 g/mol. The number of ether oxygens (including phenoxy) is 5. The van der Waals surface area contributed by atoms with E-state index in [1.807, 2.05) is 24.3 Å². The van der Waals surface area contributed by atoms with Crippen molar-refractivity contribution in [1.29, 1.82) is 0 Å². The van der Waals surface area contributed by atoms with Gasteiger partial charge < -0.3 is 23.7 Å². The minimum atomic E-state index is -0.234. The molecule has 3 aliphatic rings. The topological polar surface area (TPSA) is 49.5 Å². The Hall–Kier alpha value is -3.32. The van der Waals surface area contributed by atoms with Crippen molar-refractivity contribution in [3.05, 3.63) is 144 Å². The molecule has 1 aliphatic heterocycles. The molecule has 0 spiro atoms. The van der Waals surface area contributed by atoms with Gasteiger partial charge in [0.15, 0.2) is 0 Å². The third-order valence-electron chi connectivity index (χ3n) is 9.23. The number of epoxide rings is 1. The second kappa shape index (κ2) is 13.5. The summed E-state index contributed by atoms with van der Waals surface area (Å²) in [6.07, 6.45) is 0.859. The number of rotatable bonds is 13.